The molecule has 2 heterocycles. The van der Waals surface area contributed by atoms with E-state index in [1.165, 1.54) is 13.4 Å². The Morgan fingerprint density at radius 2 is 1.96 bits per heavy atom. The molecule has 1 saturated heterocycles. The van der Waals surface area contributed by atoms with E-state index in [0.717, 1.165) is 36.3 Å². The second kappa shape index (κ2) is 7.64. The third-order valence-corrected chi connectivity index (χ3v) is 4.89. The van der Waals surface area contributed by atoms with Crippen molar-refractivity contribution in [3.05, 3.63) is 58.7 Å². The van der Waals surface area contributed by atoms with Gasteiger partial charge in [0.25, 0.3) is 5.91 Å². The van der Waals surface area contributed by atoms with Crippen molar-refractivity contribution < 1.29 is 14.3 Å². The van der Waals surface area contributed by atoms with Crippen molar-refractivity contribution in [3.8, 4) is 0 Å². The molecule has 1 aliphatic rings. The smallest absolute Gasteiger partial charge is 0.337 e. The van der Waals surface area contributed by atoms with Crippen molar-refractivity contribution in [3.63, 3.8) is 0 Å². The number of esters is 1. The van der Waals surface area contributed by atoms with Crippen LogP contribution in [0.25, 0.3) is 0 Å². The number of aromatic nitrogens is 2. The number of carbonyl (C=O) groups is 2. The molecule has 6 heteroatoms. The van der Waals surface area contributed by atoms with E-state index in [-0.39, 0.29) is 11.9 Å². The van der Waals surface area contributed by atoms with Gasteiger partial charge in [0.15, 0.2) is 0 Å². The molecular weight excluding hydrogens is 330 g/mol. The monoisotopic (exact) mass is 353 g/mol. The van der Waals surface area contributed by atoms with E-state index in [4.69, 9.17) is 4.74 Å². The number of benzene rings is 1. The molecule has 1 aliphatic heterocycles. The summed E-state index contributed by atoms with van der Waals surface area (Å²) in [5.41, 5.74) is 3.69. The predicted octanol–water partition coefficient (Wildman–Crippen LogP) is 2.58. The Morgan fingerprint density at radius 1 is 1.23 bits per heavy atom. The number of nitrogens with zero attached hydrogens (tertiary/aromatic N) is 3. The molecule has 1 fully saturated rings. The second-order valence-corrected chi connectivity index (χ2v) is 6.72. The number of methoxy groups -OCH3 is 1. The average molecular weight is 353 g/mol. The maximum atomic E-state index is 12.9. The second-order valence-electron chi connectivity index (χ2n) is 6.72. The molecule has 3 rings (SSSR count). The molecule has 0 spiro atoms. The van der Waals surface area contributed by atoms with E-state index >= 15 is 0 Å². The van der Waals surface area contributed by atoms with Gasteiger partial charge in [-0.15, -0.1) is 0 Å². The third-order valence-electron chi connectivity index (χ3n) is 4.89. The molecule has 1 aromatic heterocycles. The van der Waals surface area contributed by atoms with Crippen molar-refractivity contribution in [2.75, 3.05) is 20.2 Å². The first-order valence-electron chi connectivity index (χ1n) is 8.74. The summed E-state index contributed by atoms with van der Waals surface area (Å²) in [6.07, 6.45) is 3.26. The van der Waals surface area contributed by atoms with Crippen molar-refractivity contribution in [2.24, 2.45) is 5.92 Å². The fourth-order valence-electron chi connectivity index (χ4n) is 3.52. The Kier molecular flexibility index (Phi) is 5.30. The van der Waals surface area contributed by atoms with Gasteiger partial charge in [0.05, 0.1) is 29.6 Å². The van der Waals surface area contributed by atoms with Gasteiger partial charge in [0.1, 0.15) is 6.33 Å². The van der Waals surface area contributed by atoms with E-state index in [1.54, 1.807) is 6.07 Å². The largest absolute Gasteiger partial charge is 0.465 e. The zero-order valence-electron chi connectivity index (χ0n) is 15.4. The van der Waals surface area contributed by atoms with Crippen LogP contribution in [0.4, 0.5) is 0 Å². The van der Waals surface area contributed by atoms with Gasteiger partial charge in [-0.2, -0.15) is 0 Å². The van der Waals surface area contributed by atoms with Crippen LogP contribution in [0.2, 0.25) is 0 Å². The van der Waals surface area contributed by atoms with Crippen molar-refractivity contribution in [2.45, 2.75) is 26.7 Å². The van der Waals surface area contributed by atoms with Gasteiger partial charge < -0.3 is 9.64 Å². The Bertz CT molecular complexity index is 815. The molecule has 6 nitrogen and oxygen atoms in total. The van der Waals surface area contributed by atoms with Crippen molar-refractivity contribution >= 4 is 11.9 Å². The van der Waals surface area contributed by atoms with Gasteiger partial charge in [0.2, 0.25) is 0 Å². The molecular formula is C20H23N3O3. The molecule has 1 amide bonds. The van der Waals surface area contributed by atoms with Crippen LogP contribution in [0, 0.1) is 19.8 Å². The van der Waals surface area contributed by atoms with Crippen LogP contribution < -0.4 is 0 Å². The molecule has 0 aliphatic carbocycles. The van der Waals surface area contributed by atoms with Gasteiger partial charge in [-0.05, 0) is 50.3 Å². The Morgan fingerprint density at radius 3 is 2.65 bits per heavy atom. The summed E-state index contributed by atoms with van der Waals surface area (Å²) in [7, 11) is 1.38. The minimum absolute atomic E-state index is 0.00594. The first kappa shape index (κ1) is 18.0. The highest BCUT2D eigenvalue weighted by molar-refractivity contribution is 5.96. The van der Waals surface area contributed by atoms with E-state index < -0.39 is 0 Å². The maximum Gasteiger partial charge on any atom is 0.337 e. The van der Waals surface area contributed by atoms with Gasteiger partial charge in [-0.25, -0.2) is 14.8 Å². The van der Waals surface area contributed by atoms with Crippen LogP contribution in [0.15, 0.2) is 30.6 Å². The van der Waals surface area contributed by atoms with E-state index in [0.29, 0.717) is 23.6 Å². The first-order chi connectivity index (χ1) is 12.5. The molecule has 0 saturated carbocycles. The van der Waals surface area contributed by atoms with Gasteiger partial charge in [-0.1, -0.05) is 12.1 Å². The normalized spacial score (nSPS) is 16.6. The lowest BCUT2D eigenvalue weighted by Crippen LogP contribution is -2.30. The number of likely N-dealkylation sites (tertiary alicyclic amines) is 1. The summed E-state index contributed by atoms with van der Waals surface area (Å²) in [5, 5.41) is 0. The lowest BCUT2D eigenvalue weighted by atomic mass is 9.97. The molecule has 0 radical (unpaired) electrons. The van der Waals surface area contributed by atoms with Crippen molar-refractivity contribution in [1.82, 2.24) is 14.9 Å². The van der Waals surface area contributed by atoms with Crippen LogP contribution in [0.3, 0.4) is 0 Å². The zero-order chi connectivity index (χ0) is 18.7. The van der Waals surface area contributed by atoms with E-state index in [9.17, 15) is 9.59 Å². The highest BCUT2D eigenvalue weighted by atomic mass is 16.5. The van der Waals surface area contributed by atoms with E-state index in [2.05, 4.69) is 9.97 Å². The molecule has 26 heavy (non-hydrogen) atoms. The lowest BCUT2D eigenvalue weighted by Gasteiger charge is -2.18. The minimum Gasteiger partial charge on any atom is -0.465 e. The zero-order valence-corrected chi connectivity index (χ0v) is 15.4. The molecule has 136 valence electrons. The number of hydrogen-bond acceptors (Lipinski definition) is 5. The van der Waals surface area contributed by atoms with E-state index in [1.807, 2.05) is 36.9 Å². The Balaban J connectivity index is 1.68. The van der Waals surface area contributed by atoms with Gasteiger partial charge >= 0.3 is 5.97 Å². The number of aryl methyl sites for hydroxylation is 2. The van der Waals surface area contributed by atoms with Crippen LogP contribution in [-0.4, -0.2) is 46.9 Å². The Labute approximate surface area is 153 Å². The summed E-state index contributed by atoms with van der Waals surface area (Å²) >= 11 is 0. The quantitative estimate of drug-likeness (QED) is 0.790. The number of amides is 1. The summed E-state index contributed by atoms with van der Waals surface area (Å²) in [5.74, 6) is 0.0496. The first-order valence-corrected chi connectivity index (χ1v) is 8.74. The predicted molar refractivity (Wildman–Crippen MR) is 97.0 cm³/mol. The fourth-order valence-corrected chi connectivity index (χ4v) is 3.52. The number of ether oxygens (including phenoxy) is 1. The lowest BCUT2D eigenvalue weighted by molar-refractivity contribution is 0.0600. The highest BCUT2D eigenvalue weighted by Crippen LogP contribution is 2.24. The number of hydrogen-bond donors (Lipinski definition) is 0. The highest BCUT2D eigenvalue weighted by Gasteiger charge is 2.29. The molecule has 1 atom stereocenters. The SMILES string of the molecule is COC(=O)c1cccc(CC2CCN(C(=O)c3c(C)ncnc3C)C2)c1. The van der Waals surface area contributed by atoms with Crippen LogP contribution in [0.5, 0.6) is 0 Å². The Hall–Kier alpha value is -2.76. The van der Waals surface area contributed by atoms with Gasteiger partial charge in [0, 0.05) is 13.1 Å². The van der Waals surface area contributed by atoms with Gasteiger partial charge in [-0.3, -0.25) is 4.79 Å². The number of carbonyl (C=O) groups excluding carboxylic acids is 2. The minimum atomic E-state index is -0.329. The molecule has 1 unspecified atom stereocenters. The average Bonchev–Trinajstić information content (AvgIpc) is 3.09. The molecule has 2 aromatic rings. The standard InChI is InChI=1S/C20H23N3O3/c1-13-18(14(2)22-12-21-13)19(24)23-8-7-16(11-23)9-15-5-4-6-17(10-15)20(25)26-3/h4-6,10,12,16H,7-9,11H2,1-3H3. The topological polar surface area (TPSA) is 72.4 Å². The summed E-state index contributed by atoms with van der Waals surface area (Å²) in [6.45, 7) is 5.12. The summed E-state index contributed by atoms with van der Waals surface area (Å²) in [4.78, 5) is 34.7. The van der Waals surface area contributed by atoms with Crippen molar-refractivity contribution in [1.29, 1.82) is 0 Å². The van der Waals surface area contributed by atoms with Crippen LogP contribution in [0.1, 0.15) is 44.1 Å². The maximum absolute atomic E-state index is 12.9. The summed E-state index contributed by atoms with van der Waals surface area (Å²) < 4.78 is 4.78. The summed E-state index contributed by atoms with van der Waals surface area (Å²) in [6, 6.07) is 7.50. The molecule has 1 aromatic carbocycles. The van der Waals surface area contributed by atoms with Crippen LogP contribution >= 0.6 is 0 Å². The molecule has 0 bridgehead atoms. The number of rotatable bonds is 4. The van der Waals surface area contributed by atoms with Crippen LogP contribution in [-0.2, 0) is 11.2 Å². The molecule has 0 N–H and O–H groups in total. The fraction of sp³-hybridized carbons (Fsp3) is 0.400. The third kappa shape index (κ3) is 3.74.